The van der Waals surface area contributed by atoms with Gasteiger partial charge in [-0.05, 0) is 44.0 Å². The molecule has 1 aromatic rings. The first-order chi connectivity index (χ1) is 9.24. The predicted octanol–water partition coefficient (Wildman–Crippen LogP) is 2.09. The second kappa shape index (κ2) is 4.89. The summed E-state index contributed by atoms with van der Waals surface area (Å²) in [4.78, 5) is 26.4. The van der Waals surface area contributed by atoms with Crippen LogP contribution in [0, 0.1) is 11.7 Å². The Kier molecular flexibility index (Phi) is 3.54. The molecule has 1 atom stereocenters. The molecule has 2 amide bonds. The van der Waals surface area contributed by atoms with E-state index in [-0.39, 0.29) is 23.5 Å². The quantitative estimate of drug-likeness (QED) is 0.900. The minimum atomic E-state index is -0.961. The average Bonchev–Trinajstić information content (AvgIpc) is 2.33. The summed E-state index contributed by atoms with van der Waals surface area (Å²) in [5.74, 6) is -0.792. The maximum absolute atomic E-state index is 13.1. The molecule has 1 aromatic carbocycles. The Hall–Kier alpha value is -1.91. The van der Waals surface area contributed by atoms with Crippen molar-refractivity contribution in [3.8, 4) is 0 Å². The van der Waals surface area contributed by atoms with E-state index in [1.807, 2.05) is 13.8 Å². The Morgan fingerprint density at radius 1 is 1.20 bits per heavy atom. The number of hydrogen-bond acceptors (Lipinski definition) is 2. The van der Waals surface area contributed by atoms with Crippen molar-refractivity contribution >= 4 is 17.5 Å². The second-order valence-corrected chi connectivity index (χ2v) is 5.95. The number of nitrogens with zero attached hydrogens (tertiary/aromatic N) is 1. The average molecular weight is 278 g/mol. The minimum absolute atomic E-state index is 0.0416. The highest BCUT2D eigenvalue weighted by Gasteiger charge is 2.46. The van der Waals surface area contributed by atoms with Crippen LogP contribution in [-0.2, 0) is 9.59 Å². The molecule has 0 bridgehead atoms. The summed E-state index contributed by atoms with van der Waals surface area (Å²) in [5.41, 5.74) is -0.422. The molecule has 5 heteroatoms. The van der Waals surface area contributed by atoms with Crippen LogP contribution < -0.4 is 10.2 Å². The first kappa shape index (κ1) is 14.5. The first-order valence-electron chi connectivity index (χ1n) is 6.65. The zero-order chi connectivity index (χ0) is 15.1. The molecule has 1 saturated heterocycles. The van der Waals surface area contributed by atoms with Gasteiger partial charge < -0.3 is 5.32 Å². The molecular weight excluding hydrogens is 259 g/mol. The standard InChI is InChI=1S/C15H19FN2O2/c1-9(2)12-13(19)17-15(3,4)14(20)18(12)11-7-5-10(16)6-8-11/h5-9,12H,1-4H3,(H,17,19). The van der Waals surface area contributed by atoms with Gasteiger partial charge in [-0.2, -0.15) is 0 Å². The van der Waals surface area contributed by atoms with Crippen molar-refractivity contribution in [2.24, 2.45) is 5.92 Å². The maximum atomic E-state index is 13.1. The van der Waals surface area contributed by atoms with E-state index in [1.54, 1.807) is 13.8 Å². The smallest absolute Gasteiger partial charge is 0.252 e. The van der Waals surface area contributed by atoms with Crippen molar-refractivity contribution < 1.29 is 14.0 Å². The van der Waals surface area contributed by atoms with E-state index in [1.165, 1.54) is 29.2 Å². The molecule has 1 unspecified atom stereocenters. The Morgan fingerprint density at radius 2 is 1.75 bits per heavy atom. The molecule has 1 N–H and O–H groups in total. The highest BCUT2D eigenvalue weighted by atomic mass is 19.1. The lowest BCUT2D eigenvalue weighted by Crippen LogP contribution is -2.69. The zero-order valence-corrected chi connectivity index (χ0v) is 12.1. The van der Waals surface area contributed by atoms with Gasteiger partial charge in [-0.3, -0.25) is 14.5 Å². The fourth-order valence-corrected chi connectivity index (χ4v) is 2.46. The van der Waals surface area contributed by atoms with Crippen LogP contribution in [0.1, 0.15) is 27.7 Å². The van der Waals surface area contributed by atoms with Gasteiger partial charge in [-0.15, -0.1) is 0 Å². The molecule has 2 rings (SSSR count). The van der Waals surface area contributed by atoms with Crippen LogP contribution in [0.3, 0.4) is 0 Å². The number of carbonyl (C=O) groups excluding carboxylic acids is 2. The fraction of sp³-hybridized carbons (Fsp3) is 0.467. The number of anilines is 1. The number of nitrogens with one attached hydrogen (secondary N) is 1. The van der Waals surface area contributed by atoms with E-state index < -0.39 is 11.6 Å². The Labute approximate surface area is 118 Å². The van der Waals surface area contributed by atoms with E-state index in [2.05, 4.69) is 5.32 Å². The molecule has 0 spiro atoms. The third-order valence-corrected chi connectivity index (χ3v) is 3.47. The normalized spacial score (nSPS) is 22.1. The topological polar surface area (TPSA) is 49.4 Å². The van der Waals surface area contributed by atoms with Crippen LogP contribution >= 0.6 is 0 Å². The Morgan fingerprint density at radius 3 is 2.25 bits per heavy atom. The molecule has 4 nitrogen and oxygen atoms in total. The molecule has 0 aliphatic carbocycles. The Bertz CT molecular complexity index is 537. The lowest BCUT2D eigenvalue weighted by molar-refractivity contribution is -0.138. The van der Waals surface area contributed by atoms with Crippen molar-refractivity contribution in [1.29, 1.82) is 0 Å². The number of carbonyl (C=O) groups is 2. The summed E-state index contributed by atoms with van der Waals surface area (Å²) in [6.07, 6.45) is 0. The summed E-state index contributed by atoms with van der Waals surface area (Å²) < 4.78 is 13.1. The largest absolute Gasteiger partial charge is 0.340 e. The lowest BCUT2D eigenvalue weighted by atomic mass is 9.91. The first-order valence-corrected chi connectivity index (χ1v) is 6.65. The maximum Gasteiger partial charge on any atom is 0.252 e. The second-order valence-electron chi connectivity index (χ2n) is 5.95. The van der Waals surface area contributed by atoms with Gasteiger partial charge in [0.05, 0.1) is 0 Å². The van der Waals surface area contributed by atoms with Crippen molar-refractivity contribution in [2.45, 2.75) is 39.3 Å². The van der Waals surface area contributed by atoms with Crippen molar-refractivity contribution in [3.05, 3.63) is 30.1 Å². The van der Waals surface area contributed by atoms with Crippen LogP contribution in [-0.4, -0.2) is 23.4 Å². The molecule has 20 heavy (non-hydrogen) atoms. The summed E-state index contributed by atoms with van der Waals surface area (Å²) in [6, 6.07) is 5.05. The number of hydrogen-bond donors (Lipinski definition) is 1. The molecule has 1 heterocycles. The van der Waals surface area contributed by atoms with Gasteiger partial charge in [0, 0.05) is 5.69 Å². The summed E-state index contributed by atoms with van der Waals surface area (Å²) in [6.45, 7) is 7.10. The molecule has 1 aliphatic rings. The van der Waals surface area contributed by atoms with Gasteiger partial charge in [0.1, 0.15) is 17.4 Å². The highest BCUT2D eigenvalue weighted by molar-refractivity contribution is 6.10. The van der Waals surface area contributed by atoms with Crippen molar-refractivity contribution in [2.75, 3.05) is 4.90 Å². The molecule has 0 aromatic heterocycles. The third kappa shape index (κ3) is 2.40. The third-order valence-electron chi connectivity index (χ3n) is 3.47. The van der Waals surface area contributed by atoms with Crippen LogP contribution in [0.25, 0.3) is 0 Å². The molecular formula is C15H19FN2O2. The van der Waals surface area contributed by atoms with E-state index in [0.717, 1.165) is 0 Å². The predicted molar refractivity (Wildman–Crippen MR) is 74.7 cm³/mol. The number of amides is 2. The minimum Gasteiger partial charge on any atom is -0.340 e. The number of halogens is 1. The van der Waals surface area contributed by atoms with Crippen LogP contribution in [0.4, 0.5) is 10.1 Å². The summed E-state index contributed by atoms with van der Waals surface area (Å²) in [5, 5.41) is 2.74. The summed E-state index contributed by atoms with van der Waals surface area (Å²) >= 11 is 0. The highest BCUT2D eigenvalue weighted by Crippen LogP contribution is 2.28. The van der Waals surface area contributed by atoms with Crippen LogP contribution in [0.5, 0.6) is 0 Å². The summed E-state index contributed by atoms with van der Waals surface area (Å²) in [7, 11) is 0. The van der Waals surface area contributed by atoms with E-state index >= 15 is 0 Å². The lowest BCUT2D eigenvalue weighted by Gasteiger charge is -2.44. The molecule has 1 fully saturated rings. The monoisotopic (exact) mass is 278 g/mol. The molecule has 1 aliphatic heterocycles. The van der Waals surface area contributed by atoms with Gasteiger partial charge in [0.15, 0.2) is 0 Å². The van der Waals surface area contributed by atoms with Gasteiger partial charge in [-0.25, -0.2) is 4.39 Å². The van der Waals surface area contributed by atoms with Gasteiger partial charge >= 0.3 is 0 Å². The van der Waals surface area contributed by atoms with Crippen molar-refractivity contribution in [1.82, 2.24) is 5.32 Å². The molecule has 108 valence electrons. The molecule has 0 saturated carbocycles. The van der Waals surface area contributed by atoms with E-state index in [9.17, 15) is 14.0 Å². The number of benzene rings is 1. The zero-order valence-electron chi connectivity index (χ0n) is 12.1. The van der Waals surface area contributed by atoms with E-state index in [4.69, 9.17) is 0 Å². The van der Waals surface area contributed by atoms with Crippen molar-refractivity contribution in [3.63, 3.8) is 0 Å². The van der Waals surface area contributed by atoms with Gasteiger partial charge in [-0.1, -0.05) is 13.8 Å². The SMILES string of the molecule is CC(C)C1C(=O)NC(C)(C)C(=O)N1c1ccc(F)cc1. The van der Waals surface area contributed by atoms with Crippen LogP contribution in [0.15, 0.2) is 24.3 Å². The fourth-order valence-electron chi connectivity index (χ4n) is 2.46. The number of piperazine rings is 1. The number of rotatable bonds is 2. The van der Waals surface area contributed by atoms with Gasteiger partial charge in [0.25, 0.3) is 5.91 Å². The Balaban J connectivity index is 2.50. The van der Waals surface area contributed by atoms with Crippen LogP contribution in [0.2, 0.25) is 0 Å². The van der Waals surface area contributed by atoms with Gasteiger partial charge in [0.2, 0.25) is 5.91 Å². The van der Waals surface area contributed by atoms with E-state index in [0.29, 0.717) is 5.69 Å². The molecule has 0 radical (unpaired) electrons.